The third kappa shape index (κ3) is 4.44. The Morgan fingerprint density at radius 2 is 1.89 bits per heavy atom. The number of hydrogen-bond acceptors (Lipinski definition) is 7. The van der Waals surface area contributed by atoms with Crippen LogP contribution in [-0.4, -0.2) is 71.5 Å². The Morgan fingerprint density at radius 3 is 2.47 bits per heavy atom. The molecular weight excluding hydrogens is 464 g/mol. The summed E-state index contributed by atoms with van der Waals surface area (Å²) in [6, 6.07) is 6.72. The number of rotatable bonds is 7. The van der Waals surface area contributed by atoms with Crippen LogP contribution in [0.3, 0.4) is 0 Å². The molecule has 196 valence electrons. The molecule has 36 heavy (non-hydrogen) atoms. The van der Waals surface area contributed by atoms with Crippen molar-refractivity contribution in [1.82, 2.24) is 9.80 Å². The number of carbonyl (C=O) groups excluding carboxylic acids is 4. The largest absolute Gasteiger partial charge is 0.497 e. The van der Waals surface area contributed by atoms with Gasteiger partial charge in [-0.2, -0.15) is 0 Å². The third-order valence-corrected chi connectivity index (χ3v) is 7.71. The molecule has 0 aromatic heterocycles. The van der Waals surface area contributed by atoms with E-state index in [1.54, 1.807) is 44.6 Å². The second-order valence-corrected chi connectivity index (χ2v) is 10.9. The fraction of sp³-hybridized carbons (Fsp3) is 0.630. The van der Waals surface area contributed by atoms with Gasteiger partial charge in [-0.05, 0) is 64.2 Å². The number of methoxy groups -OCH3 is 1. The molecule has 1 aliphatic carbocycles. The SMILES string of the molecule is CCOC(=O)C[C@]12[C@@H]3CCN(C(=O)OC(C)(C)C)[C@H]1[C@@H](C=O)C[C@@H]3C(=O)N2Cc1ccc(OC)cc1. The molecule has 4 rings (SSSR count). The number of carbonyl (C=O) groups is 4. The third-order valence-electron chi connectivity index (χ3n) is 7.71. The summed E-state index contributed by atoms with van der Waals surface area (Å²) >= 11 is 0. The molecule has 2 saturated heterocycles. The first-order valence-electron chi connectivity index (χ1n) is 12.6. The molecule has 9 heteroatoms. The van der Waals surface area contributed by atoms with Crippen molar-refractivity contribution in [3.8, 4) is 5.75 Å². The minimum absolute atomic E-state index is 0.0829. The van der Waals surface area contributed by atoms with Gasteiger partial charge >= 0.3 is 12.1 Å². The predicted molar refractivity (Wildman–Crippen MR) is 130 cm³/mol. The van der Waals surface area contributed by atoms with E-state index in [0.717, 1.165) is 11.8 Å². The van der Waals surface area contributed by atoms with Crippen LogP contribution in [0.4, 0.5) is 4.79 Å². The van der Waals surface area contributed by atoms with E-state index in [9.17, 15) is 19.2 Å². The van der Waals surface area contributed by atoms with Crippen LogP contribution in [0.15, 0.2) is 24.3 Å². The lowest BCUT2D eigenvalue weighted by atomic mass is 9.58. The number of ether oxygens (including phenoxy) is 3. The number of piperidine rings is 1. The van der Waals surface area contributed by atoms with Gasteiger partial charge in [0.05, 0.1) is 31.7 Å². The zero-order chi connectivity index (χ0) is 26.3. The van der Waals surface area contributed by atoms with Gasteiger partial charge in [0.25, 0.3) is 0 Å². The van der Waals surface area contributed by atoms with E-state index in [2.05, 4.69) is 0 Å². The molecule has 1 aromatic rings. The van der Waals surface area contributed by atoms with Crippen molar-refractivity contribution in [3.63, 3.8) is 0 Å². The van der Waals surface area contributed by atoms with Crippen LogP contribution < -0.4 is 4.74 Å². The number of likely N-dealkylation sites (tertiary alicyclic amines) is 2. The lowest BCUT2D eigenvalue weighted by Gasteiger charge is -2.58. The Balaban J connectivity index is 1.81. The summed E-state index contributed by atoms with van der Waals surface area (Å²) in [7, 11) is 1.59. The van der Waals surface area contributed by atoms with Gasteiger partial charge < -0.3 is 28.8 Å². The summed E-state index contributed by atoms with van der Waals surface area (Å²) in [5, 5.41) is 0. The molecule has 3 aliphatic rings. The summed E-state index contributed by atoms with van der Waals surface area (Å²) < 4.78 is 16.3. The smallest absolute Gasteiger partial charge is 0.410 e. The van der Waals surface area contributed by atoms with Gasteiger partial charge in [-0.15, -0.1) is 0 Å². The summed E-state index contributed by atoms with van der Waals surface area (Å²) in [5.74, 6) is -0.991. The topological polar surface area (TPSA) is 102 Å². The average molecular weight is 501 g/mol. The quantitative estimate of drug-likeness (QED) is 0.418. The Kier molecular flexibility index (Phi) is 7.03. The van der Waals surface area contributed by atoms with Crippen LogP contribution in [0.1, 0.15) is 52.5 Å². The number of hydrogen-bond donors (Lipinski definition) is 0. The Bertz CT molecular complexity index is 1020. The molecule has 2 heterocycles. The van der Waals surface area contributed by atoms with E-state index < -0.39 is 35.2 Å². The number of benzene rings is 1. The first-order valence-corrected chi connectivity index (χ1v) is 12.6. The van der Waals surface area contributed by atoms with Gasteiger partial charge in [-0.1, -0.05) is 12.1 Å². The monoisotopic (exact) mass is 500 g/mol. The van der Waals surface area contributed by atoms with Crippen molar-refractivity contribution >= 4 is 24.3 Å². The van der Waals surface area contributed by atoms with Crippen molar-refractivity contribution < 1.29 is 33.4 Å². The maximum absolute atomic E-state index is 13.9. The summed E-state index contributed by atoms with van der Waals surface area (Å²) in [4.78, 5) is 56.0. The Hall–Kier alpha value is -3.10. The van der Waals surface area contributed by atoms with E-state index in [0.29, 0.717) is 25.1 Å². The molecule has 5 atom stereocenters. The van der Waals surface area contributed by atoms with Gasteiger partial charge in [0, 0.05) is 24.9 Å². The second-order valence-electron chi connectivity index (χ2n) is 10.9. The molecule has 0 spiro atoms. The molecular formula is C27H36N2O7. The highest BCUT2D eigenvalue weighted by molar-refractivity contribution is 5.88. The number of nitrogens with zero attached hydrogens (tertiary/aromatic N) is 2. The fourth-order valence-corrected chi connectivity index (χ4v) is 6.50. The van der Waals surface area contributed by atoms with E-state index >= 15 is 0 Å². The molecule has 2 aliphatic heterocycles. The highest BCUT2D eigenvalue weighted by Crippen LogP contribution is 2.58. The van der Waals surface area contributed by atoms with E-state index in [1.807, 2.05) is 24.3 Å². The molecule has 0 radical (unpaired) electrons. The van der Waals surface area contributed by atoms with Crippen LogP contribution in [-0.2, 0) is 30.4 Å². The minimum atomic E-state index is -1.06. The normalized spacial score (nSPS) is 29.1. The zero-order valence-electron chi connectivity index (χ0n) is 21.7. The second kappa shape index (κ2) is 9.75. The number of esters is 1. The van der Waals surface area contributed by atoms with Gasteiger partial charge in [-0.25, -0.2) is 4.79 Å². The van der Waals surface area contributed by atoms with Crippen molar-refractivity contribution in [2.24, 2.45) is 17.8 Å². The van der Waals surface area contributed by atoms with Crippen molar-refractivity contribution in [3.05, 3.63) is 29.8 Å². The fourth-order valence-electron chi connectivity index (χ4n) is 6.50. The molecule has 4 bridgehead atoms. The van der Waals surface area contributed by atoms with Crippen LogP contribution in [0.2, 0.25) is 0 Å². The molecule has 2 amide bonds. The summed E-state index contributed by atoms with van der Waals surface area (Å²) in [6.07, 6.45) is 1.10. The van der Waals surface area contributed by atoms with Gasteiger partial charge in [0.2, 0.25) is 5.91 Å². The van der Waals surface area contributed by atoms with Crippen LogP contribution in [0.5, 0.6) is 5.75 Å². The standard InChI is InChI=1S/C27H36N2O7/c1-6-35-22(31)14-27-21-11-12-28(25(33)36-26(2,3)4)23(27)18(16-30)13-20(21)24(32)29(27)15-17-7-9-19(34-5)10-8-17/h7-10,16,18,20-21,23H,6,11-15H2,1-5H3/t18-,20+,21-,23+,27+/m1/s1. The van der Waals surface area contributed by atoms with Crippen LogP contribution >= 0.6 is 0 Å². The summed E-state index contributed by atoms with van der Waals surface area (Å²) in [6.45, 7) is 7.90. The van der Waals surface area contributed by atoms with E-state index in [-0.39, 0.29) is 37.3 Å². The lowest BCUT2D eigenvalue weighted by molar-refractivity contribution is -0.157. The van der Waals surface area contributed by atoms with Crippen molar-refractivity contribution in [2.75, 3.05) is 20.3 Å². The van der Waals surface area contributed by atoms with E-state index in [4.69, 9.17) is 14.2 Å². The van der Waals surface area contributed by atoms with Crippen LogP contribution in [0, 0.1) is 17.8 Å². The average Bonchev–Trinajstić information content (AvgIpc) is 2.96. The summed E-state index contributed by atoms with van der Waals surface area (Å²) in [5.41, 5.74) is -0.929. The van der Waals surface area contributed by atoms with Crippen molar-refractivity contribution in [1.29, 1.82) is 0 Å². The lowest BCUT2D eigenvalue weighted by Crippen LogP contribution is -2.71. The minimum Gasteiger partial charge on any atom is -0.497 e. The first-order chi connectivity index (χ1) is 17.1. The maximum Gasteiger partial charge on any atom is 0.410 e. The van der Waals surface area contributed by atoms with Gasteiger partial charge in [0.15, 0.2) is 0 Å². The van der Waals surface area contributed by atoms with E-state index in [1.165, 1.54) is 0 Å². The van der Waals surface area contributed by atoms with Gasteiger partial charge in [-0.3, -0.25) is 9.59 Å². The number of amides is 2. The zero-order valence-corrected chi connectivity index (χ0v) is 21.7. The van der Waals surface area contributed by atoms with Gasteiger partial charge in [0.1, 0.15) is 17.6 Å². The molecule has 1 aromatic carbocycles. The first kappa shape index (κ1) is 26.0. The molecule has 0 N–H and O–H groups in total. The number of aldehydes is 1. The van der Waals surface area contributed by atoms with Crippen molar-refractivity contribution in [2.45, 2.75) is 70.7 Å². The van der Waals surface area contributed by atoms with Crippen LogP contribution in [0.25, 0.3) is 0 Å². The maximum atomic E-state index is 13.9. The Labute approximate surface area is 212 Å². The Morgan fingerprint density at radius 1 is 1.19 bits per heavy atom. The molecule has 0 unspecified atom stereocenters. The molecule has 3 fully saturated rings. The highest BCUT2D eigenvalue weighted by Gasteiger charge is 2.70. The predicted octanol–water partition coefficient (Wildman–Crippen LogP) is 3.19. The highest BCUT2D eigenvalue weighted by atomic mass is 16.6. The molecule has 1 saturated carbocycles. The molecule has 9 nitrogen and oxygen atoms in total.